The lowest BCUT2D eigenvalue weighted by atomic mass is 10.0. The Balaban J connectivity index is 2.06. The van der Waals surface area contributed by atoms with Gasteiger partial charge in [0.2, 0.25) is 0 Å². The second-order valence-corrected chi connectivity index (χ2v) is 6.37. The van der Waals surface area contributed by atoms with Gasteiger partial charge >= 0.3 is 0 Å². The summed E-state index contributed by atoms with van der Waals surface area (Å²) in [6.45, 7) is 4.92. The maximum absolute atomic E-state index is 13.3. The van der Waals surface area contributed by atoms with Gasteiger partial charge in [0.15, 0.2) is 17.2 Å². The fourth-order valence-electron chi connectivity index (χ4n) is 2.08. The van der Waals surface area contributed by atoms with Gasteiger partial charge in [-0.05, 0) is 62.7 Å². The number of carbonyl (C=O) groups excluding carboxylic acids is 1. The van der Waals surface area contributed by atoms with E-state index < -0.39 is 23.3 Å². The maximum Gasteiger partial charge on any atom is 0.264 e. The summed E-state index contributed by atoms with van der Waals surface area (Å²) in [7, 11) is 0. The monoisotopic (exact) mass is 353 g/mol. The molecule has 0 aromatic heterocycles. The van der Waals surface area contributed by atoms with Gasteiger partial charge in [-0.1, -0.05) is 17.7 Å². The lowest BCUT2D eigenvalue weighted by molar-refractivity contribution is -0.134. The van der Waals surface area contributed by atoms with Gasteiger partial charge in [0, 0.05) is 5.02 Å². The van der Waals surface area contributed by atoms with Gasteiger partial charge in [0.25, 0.3) is 5.91 Å². The Labute approximate surface area is 144 Å². The number of rotatable bonds is 5. The van der Waals surface area contributed by atoms with Crippen molar-refractivity contribution in [3.63, 3.8) is 0 Å². The fraction of sp³-hybridized carbons (Fsp3) is 0.278. The number of amides is 1. The highest BCUT2D eigenvalue weighted by atomic mass is 35.5. The lowest BCUT2D eigenvalue weighted by Gasteiger charge is -2.27. The standard InChI is InChI=1S/C18H18ClF2NO2/c1-11(12-4-9-15(20)16(21)10-12)22-17(23)18(2,3)24-14-7-5-13(19)6-8-14/h4-11H,1-3H3,(H,22,23)/t11-/m0/s1. The quantitative estimate of drug-likeness (QED) is 0.849. The Morgan fingerprint density at radius 2 is 1.75 bits per heavy atom. The van der Waals surface area contributed by atoms with Crippen LogP contribution in [-0.4, -0.2) is 11.5 Å². The molecule has 0 fully saturated rings. The number of hydrogen-bond acceptors (Lipinski definition) is 2. The largest absolute Gasteiger partial charge is 0.478 e. The molecule has 0 aliphatic rings. The van der Waals surface area contributed by atoms with Crippen LogP contribution in [0.25, 0.3) is 0 Å². The first-order valence-corrected chi connectivity index (χ1v) is 7.77. The third-order valence-corrected chi connectivity index (χ3v) is 3.78. The predicted octanol–water partition coefficient (Wildman–Crippen LogP) is 4.65. The van der Waals surface area contributed by atoms with E-state index in [1.54, 1.807) is 45.0 Å². The Kier molecular flexibility index (Phi) is 5.44. The molecule has 2 aromatic rings. The van der Waals surface area contributed by atoms with Gasteiger partial charge in [-0.2, -0.15) is 0 Å². The summed E-state index contributed by atoms with van der Waals surface area (Å²) in [4.78, 5) is 12.4. The zero-order valence-corrected chi connectivity index (χ0v) is 14.3. The van der Waals surface area contributed by atoms with E-state index in [2.05, 4.69) is 5.32 Å². The van der Waals surface area contributed by atoms with Crippen molar-refractivity contribution in [1.82, 2.24) is 5.32 Å². The van der Waals surface area contributed by atoms with Crippen molar-refractivity contribution in [2.24, 2.45) is 0 Å². The molecule has 0 radical (unpaired) electrons. The summed E-state index contributed by atoms with van der Waals surface area (Å²) < 4.78 is 32.0. The van der Waals surface area contributed by atoms with Crippen LogP contribution in [-0.2, 0) is 4.79 Å². The highest BCUT2D eigenvalue weighted by Gasteiger charge is 2.31. The van der Waals surface area contributed by atoms with E-state index in [1.165, 1.54) is 6.07 Å². The van der Waals surface area contributed by atoms with Crippen LogP contribution in [0, 0.1) is 11.6 Å². The molecule has 0 heterocycles. The van der Waals surface area contributed by atoms with E-state index in [9.17, 15) is 13.6 Å². The van der Waals surface area contributed by atoms with E-state index in [0.29, 0.717) is 16.3 Å². The molecular weight excluding hydrogens is 336 g/mol. The molecule has 0 saturated carbocycles. The summed E-state index contributed by atoms with van der Waals surface area (Å²) in [5.41, 5.74) is -0.690. The highest BCUT2D eigenvalue weighted by molar-refractivity contribution is 6.30. The third kappa shape index (κ3) is 4.45. The van der Waals surface area contributed by atoms with Gasteiger partial charge < -0.3 is 10.1 Å². The number of nitrogens with one attached hydrogen (secondary N) is 1. The summed E-state index contributed by atoms with van der Waals surface area (Å²) in [6, 6.07) is 9.67. The molecule has 1 amide bonds. The summed E-state index contributed by atoms with van der Waals surface area (Å²) in [5.74, 6) is -1.76. The first kappa shape index (κ1) is 18.2. The molecule has 128 valence electrons. The first-order chi connectivity index (χ1) is 11.2. The van der Waals surface area contributed by atoms with E-state index in [-0.39, 0.29) is 5.91 Å². The third-order valence-electron chi connectivity index (χ3n) is 3.52. The second-order valence-electron chi connectivity index (χ2n) is 5.93. The smallest absolute Gasteiger partial charge is 0.264 e. The second kappa shape index (κ2) is 7.18. The van der Waals surface area contributed by atoms with Crippen molar-refractivity contribution in [1.29, 1.82) is 0 Å². The molecule has 1 N–H and O–H groups in total. The van der Waals surface area contributed by atoms with Crippen LogP contribution in [0.4, 0.5) is 8.78 Å². The van der Waals surface area contributed by atoms with Crippen molar-refractivity contribution in [2.45, 2.75) is 32.4 Å². The molecule has 0 bridgehead atoms. The molecule has 0 spiro atoms. The van der Waals surface area contributed by atoms with Crippen molar-refractivity contribution in [2.75, 3.05) is 0 Å². The molecule has 1 atom stereocenters. The summed E-state index contributed by atoms with van der Waals surface area (Å²) >= 11 is 5.81. The van der Waals surface area contributed by atoms with E-state index in [1.807, 2.05) is 0 Å². The molecule has 2 aromatic carbocycles. The lowest BCUT2D eigenvalue weighted by Crippen LogP contribution is -2.47. The summed E-state index contributed by atoms with van der Waals surface area (Å²) in [6.07, 6.45) is 0. The van der Waals surface area contributed by atoms with Gasteiger partial charge in [0.05, 0.1) is 6.04 Å². The minimum Gasteiger partial charge on any atom is -0.478 e. The topological polar surface area (TPSA) is 38.3 Å². The van der Waals surface area contributed by atoms with Gasteiger partial charge in [-0.25, -0.2) is 8.78 Å². The highest BCUT2D eigenvalue weighted by Crippen LogP contribution is 2.22. The van der Waals surface area contributed by atoms with Crippen molar-refractivity contribution in [3.8, 4) is 5.75 Å². The van der Waals surface area contributed by atoms with Crippen molar-refractivity contribution < 1.29 is 18.3 Å². The Hall–Kier alpha value is -2.14. The Morgan fingerprint density at radius 1 is 1.12 bits per heavy atom. The Bertz CT molecular complexity index is 732. The van der Waals surface area contributed by atoms with E-state index in [0.717, 1.165) is 12.1 Å². The minimum absolute atomic E-state index is 0.380. The molecule has 0 aliphatic carbocycles. The number of benzene rings is 2. The molecular formula is C18H18ClF2NO2. The van der Waals surface area contributed by atoms with Gasteiger partial charge in [-0.15, -0.1) is 0 Å². The Morgan fingerprint density at radius 3 is 2.33 bits per heavy atom. The number of hydrogen-bond donors (Lipinski definition) is 1. The minimum atomic E-state index is -1.15. The number of halogens is 3. The molecule has 24 heavy (non-hydrogen) atoms. The molecule has 0 unspecified atom stereocenters. The van der Waals surface area contributed by atoms with Crippen LogP contribution in [0.3, 0.4) is 0 Å². The molecule has 2 rings (SSSR count). The SMILES string of the molecule is C[C@H](NC(=O)C(C)(C)Oc1ccc(Cl)cc1)c1ccc(F)c(F)c1. The number of ether oxygens (including phenoxy) is 1. The zero-order valence-electron chi connectivity index (χ0n) is 13.6. The maximum atomic E-state index is 13.3. The summed E-state index contributed by atoms with van der Waals surface area (Å²) in [5, 5.41) is 3.30. The van der Waals surface area contributed by atoms with Crippen LogP contribution < -0.4 is 10.1 Å². The van der Waals surface area contributed by atoms with E-state index >= 15 is 0 Å². The molecule has 6 heteroatoms. The number of carbonyl (C=O) groups is 1. The van der Waals surface area contributed by atoms with Crippen LogP contribution in [0.15, 0.2) is 42.5 Å². The van der Waals surface area contributed by atoms with Crippen molar-refractivity contribution >= 4 is 17.5 Å². The van der Waals surface area contributed by atoms with Gasteiger partial charge in [-0.3, -0.25) is 4.79 Å². The molecule has 0 aliphatic heterocycles. The molecule has 3 nitrogen and oxygen atoms in total. The van der Waals surface area contributed by atoms with Crippen LogP contribution >= 0.6 is 11.6 Å². The average Bonchev–Trinajstić information content (AvgIpc) is 2.52. The van der Waals surface area contributed by atoms with E-state index in [4.69, 9.17) is 16.3 Å². The average molecular weight is 354 g/mol. The van der Waals surface area contributed by atoms with Crippen LogP contribution in [0.1, 0.15) is 32.4 Å². The van der Waals surface area contributed by atoms with Gasteiger partial charge in [0.1, 0.15) is 5.75 Å². The molecule has 0 saturated heterocycles. The van der Waals surface area contributed by atoms with Crippen molar-refractivity contribution in [3.05, 3.63) is 64.7 Å². The predicted molar refractivity (Wildman–Crippen MR) is 89.1 cm³/mol. The van der Waals surface area contributed by atoms with Crippen LogP contribution in [0.2, 0.25) is 5.02 Å². The van der Waals surface area contributed by atoms with Crippen LogP contribution in [0.5, 0.6) is 5.75 Å². The first-order valence-electron chi connectivity index (χ1n) is 7.39. The normalized spacial score (nSPS) is 12.6. The fourth-order valence-corrected chi connectivity index (χ4v) is 2.21. The zero-order chi connectivity index (χ0) is 17.9.